The predicted molar refractivity (Wildman–Crippen MR) is 288 cm³/mol. The van der Waals surface area contributed by atoms with Crippen LogP contribution in [0.25, 0.3) is 0 Å². The molecule has 2 N–H and O–H groups in total. The summed E-state index contributed by atoms with van der Waals surface area (Å²) in [5, 5.41) is 25.0. The Kier molecular flexibility index (Phi) is 20.8. The lowest BCUT2D eigenvalue weighted by molar-refractivity contribution is -0.286. The summed E-state index contributed by atoms with van der Waals surface area (Å²) in [7, 11) is -2.37. The van der Waals surface area contributed by atoms with Gasteiger partial charge < -0.3 is 47.8 Å². The van der Waals surface area contributed by atoms with Crippen molar-refractivity contribution in [1.82, 2.24) is 0 Å². The molecule has 0 aliphatic carbocycles. The molecule has 13 heteroatoms. The lowest BCUT2D eigenvalue weighted by Crippen LogP contribution is -2.63. The number of fused-ring (bicyclic) bond motifs is 1. The van der Waals surface area contributed by atoms with E-state index in [0.29, 0.717) is 58.7 Å². The Labute approximate surface area is 441 Å². The minimum Gasteiger partial charge on any atom is -0.411 e. The molecule has 0 saturated carbocycles. The molecule has 388 valence electrons. The van der Waals surface area contributed by atoms with Crippen molar-refractivity contribution in [3.63, 3.8) is 0 Å². The average Bonchev–Trinajstić information content (AvgIpc) is 3.40. The smallest absolute Gasteiger partial charge is 0.192 e. The van der Waals surface area contributed by atoms with Crippen LogP contribution < -0.4 is 0 Å². The zero-order valence-electron chi connectivity index (χ0n) is 42.8. The van der Waals surface area contributed by atoms with Crippen molar-refractivity contribution in [1.29, 1.82) is 0 Å². The van der Waals surface area contributed by atoms with Crippen molar-refractivity contribution in [2.45, 2.75) is 184 Å². The van der Waals surface area contributed by atoms with E-state index < -0.39 is 62.8 Å². The minimum atomic E-state index is -2.37. The number of ether oxygens (including phenoxy) is 7. The van der Waals surface area contributed by atoms with Gasteiger partial charge in [-0.25, -0.2) is 0 Å². The fourth-order valence-corrected chi connectivity index (χ4v) is 11.4. The molecule has 3 heterocycles. The summed E-state index contributed by atoms with van der Waals surface area (Å²) >= 11 is 7.08. The highest BCUT2D eigenvalue weighted by Gasteiger charge is 2.53. The van der Waals surface area contributed by atoms with E-state index in [1.165, 1.54) is 0 Å². The summed E-state index contributed by atoms with van der Waals surface area (Å²) in [6.45, 7) is 17.5. The van der Waals surface area contributed by atoms with Crippen molar-refractivity contribution in [2.24, 2.45) is 5.92 Å². The van der Waals surface area contributed by atoms with Crippen molar-refractivity contribution >= 4 is 40.2 Å². The maximum atomic E-state index is 12.7. The van der Waals surface area contributed by atoms with Gasteiger partial charge in [-0.3, -0.25) is 0 Å². The second-order valence-electron chi connectivity index (χ2n) is 21.7. The second-order valence-corrected chi connectivity index (χ2v) is 28.2. The van der Waals surface area contributed by atoms with Gasteiger partial charge in [0.2, 0.25) is 0 Å². The van der Waals surface area contributed by atoms with Gasteiger partial charge in [0.05, 0.1) is 88.5 Å². The maximum absolute atomic E-state index is 12.7. The Bertz CT molecular complexity index is 2210. The molecule has 2 saturated heterocycles. The van der Waals surface area contributed by atoms with Gasteiger partial charge in [-0.05, 0) is 103 Å². The summed E-state index contributed by atoms with van der Waals surface area (Å²) in [4.78, 5) is 0. The molecule has 0 unspecified atom stereocenters. The fourth-order valence-electron chi connectivity index (χ4n) is 9.53. The molecule has 3 aliphatic rings. The zero-order valence-corrected chi connectivity index (χ0v) is 47.0. The van der Waals surface area contributed by atoms with Gasteiger partial charge in [0.25, 0.3) is 0 Å². The van der Waals surface area contributed by atoms with Crippen LogP contribution in [0.5, 0.6) is 0 Å². The van der Waals surface area contributed by atoms with Crippen LogP contribution >= 0.6 is 31.9 Å². The molecule has 3 aliphatic heterocycles. The molecular formula is C58H78Br2O10Si. The lowest BCUT2D eigenvalue weighted by Gasteiger charge is -2.51. The molecule has 2 fully saturated rings. The molecule has 7 rings (SSSR count). The molecule has 0 aromatic heterocycles. The topological polar surface area (TPSA) is 114 Å². The maximum Gasteiger partial charge on any atom is 0.192 e. The highest BCUT2D eigenvalue weighted by atomic mass is 79.9. The molecule has 4 aromatic rings. The average molecular weight is 1120 g/mol. The standard InChI is InChI=1S/C58H78Br2O10Si/c1-40-30-49(66-37-44-24-28-46(60)29-25-44)54(39-64-35-43-22-26-45(59)27-23-43)68-51-33-56(62)58(5,69-52(51)31-40)55(61)32-50-48(70-71(6,7)57(2,3)4)21-15-14-20-47(65-36-42-18-12-9-13-19-42)53(67-50)38-63-34-41-16-10-8-11-17-41/h8-19,22-29,40,47-56,61-62H,20-21,30-39H2,1-7H3/b15-14-/t40-,47-,48+,49+,50-,51+,52-,53+,54-,55+,56+,58+/m1/s1. The molecule has 10 nitrogen and oxygen atoms in total. The molecule has 4 aromatic carbocycles. The van der Waals surface area contributed by atoms with Gasteiger partial charge >= 0.3 is 0 Å². The minimum absolute atomic E-state index is 0.0821. The summed E-state index contributed by atoms with van der Waals surface area (Å²) in [5.41, 5.74) is 2.90. The van der Waals surface area contributed by atoms with Gasteiger partial charge in [0.15, 0.2) is 8.32 Å². The number of rotatable bonds is 19. The molecule has 71 heavy (non-hydrogen) atoms. The molecular weight excluding hydrogens is 1040 g/mol. The van der Waals surface area contributed by atoms with E-state index in [1.54, 1.807) is 0 Å². The number of hydrogen-bond donors (Lipinski definition) is 2. The predicted octanol–water partition coefficient (Wildman–Crippen LogP) is 12.5. The van der Waals surface area contributed by atoms with Crippen LogP contribution in [-0.2, 0) is 64.0 Å². The summed E-state index contributed by atoms with van der Waals surface area (Å²) in [5.74, 6) is 0.170. The van der Waals surface area contributed by atoms with Gasteiger partial charge in [-0.2, -0.15) is 0 Å². The highest BCUT2D eigenvalue weighted by Crippen LogP contribution is 2.43. The number of halogens is 2. The Hall–Kier alpha value is -2.60. The highest BCUT2D eigenvalue weighted by molar-refractivity contribution is 9.10. The van der Waals surface area contributed by atoms with Crippen LogP contribution in [0.3, 0.4) is 0 Å². The summed E-state index contributed by atoms with van der Waals surface area (Å²) < 4.78 is 56.9. The van der Waals surface area contributed by atoms with E-state index in [0.717, 1.165) is 31.2 Å². The summed E-state index contributed by atoms with van der Waals surface area (Å²) in [6, 6.07) is 36.6. The number of aliphatic hydroxyl groups is 2. The van der Waals surface area contributed by atoms with E-state index in [1.807, 2.05) is 79.7 Å². The second kappa shape index (κ2) is 26.2. The van der Waals surface area contributed by atoms with E-state index in [-0.39, 0.29) is 42.6 Å². The van der Waals surface area contributed by atoms with E-state index >= 15 is 0 Å². The molecule has 0 amide bonds. The number of benzene rings is 4. The van der Waals surface area contributed by atoms with Crippen molar-refractivity contribution in [3.8, 4) is 0 Å². The first-order valence-electron chi connectivity index (χ1n) is 25.6. The van der Waals surface area contributed by atoms with Crippen molar-refractivity contribution < 1.29 is 47.8 Å². The summed E-state index contributed by atoms with van der Waals surface area (Å²) in [6.07, 6.45) is 1.66. The fraction of sp³-hybridized carbons (Fsp3) is 0.552. The Morgan fingerprint density at radius 3 is 1.69 bits per heavy atom. The Balaban J connectivity index is 1.12. The third-order valence-corrected chi connectivity index (χ3v) is 20.5. The third kappa shape index (κ3) is 16.2. The van der Waals surface area contributed by atoms with Gasteiger partial charge in [-0.1, -0.05) is 157 Å². The van der Waals surface area contributed by atoms with Crippen LogP contribution in [0.4, 0.5) is 0 Å². The zero-order chi connectivity index (χ0) is 50.6. The number of aliphatic hydroxyl groups excluding tert-OH is 2. The van der Waals surface area contributed by atoms with Crippen LogP contribution in [0.2, 0.25) is 18.1 Å². The van der Waals surface area contributed by atoms with Gasteiger partial charge in [0, 0.05) is 21.8 Å². The molecule has 0 bridgehead atoms. The van der Waals surface area contributed by atoms with Crippen LogP contribution in [-0.4, -0.2) is 98.4 Å². The lowest BCUT2D eigenvalue weighted by atomic mass is 9.79. The van der Waals surface area contributed by atoms with Gasteiger partial charge in [0.1, 0.15) is 17.8 Å². The first kappa shape index (κ1) is 56.1. The van der Waals surface area contributed by atoms with Crippen LogP contribution in [0.15, 0.2) is 130 Å². The quantitative estimate of drug-likeness (QED) is 0.0695. The van der Waals surface area contributed by atoms with E-state index in [2.05, 4.69) is 121 Å². The first-order valence-corrected chi connectivity index (χ1v) is 30.1. The molecule has 12 atom stereocenters. The first-order chi connectivity index (χ1) is 34.0. The Morgan fingerprint density at radius 2 is 1.13 bits per heavy atom. The van der Waals surface area contributed by atoms with Crippen LogP contribution in [0.1, 0.15) is 95.4 Å². The van der Waals surface area contributed by atoms with E-state index in [9.17, 15) is 10.2 Å². The third-order valence-electron chi connectivity index (χ3n) is 15.0. The number of hydrogen-bond acceptors (Lipinski definition) is 10. The monoisotopic (exact) mass is 1120 g/mol. The largest absolute Gasteiger partial charge is 0.411 e. The van der Waals surface area contributed by atoms with Crippen LogP contribution in [0, 0.1) is 5.92 Å². The normalized spacial score (nSPS) is 29.7. The SMILES string of the molecule is C[C@@H]1C[C@H](OCc2ccc(Br)cc2)[C@@H](COCc2ccc(Br)cc2)O[C@H]2C[C@H](O)[C@](C)([C@@H](O)C[C@H]3O[C@@H](COCc4ccccc4)[C@H](OCc4ccccc4)C/C=C\C[C@@H]3O[Si](C)(C)C(C)(C)C)O[C@@H]2C1. The van der Waals surface area contributed by atoms with Gasteiger partial charge in [-0.15, -0.1) is 0 Å². The van der Waals surface area contributed by atoms with Crippen molar-refractivity contribution in [2.75, 3.05) is 13.2 Å². The molecule has 0 radical (unpaired) electrons. The van der Waals surface area contributed by atoms with Crippen molar-refractivity contribution in [3.05, 3.63) is 153 Å². The molecule has 0 spiro atoms. The van der Waals surface area contributed by atoms with E-state index in [4.69, 9.17) is 37.6 Å². The Morgan fingerprint density at radius 1 is 0.634 bits per heavy atom.